The molecule has 1 aromatic heterocycles. The van der Waals surface area contributed by atoms with E-state index in [4.69, 9.17) is 22.1 Å². The number of anilines is 2. The van der Waals surface area contributed by atoms with Crippen molar-refractivity contribution in [1.29, 1.82) is 0 Å². The minimum atomic E-state index is -0.971. The number of rotatable bonds is 8. The maximum atomic E-state index is 12.8. The average molecular weight is 465 g/mol. The van der Waals surface area contributed by atoms with Crippen molar-refractivity contribution in [3.8, 4) is 0 Å². The monoisotopic (exact) mass is 464 g/mol. The molecule has 4 N–H and O–H groups in total. The molecule has 2 aromatic rings. The number of benzene rings is 1. The summed E-state index contributed by atoms with van der Waals surface area (Å²) in [4.78, 5) is 50.2. The molecule has 0 saturated carbocycles. The number of hydrogen-bond donors (Lipinski definition) is 3. The van der Waals surface area contributed by atoms with Gasteiger partial charge in [-0.05, 0) is 42.8 Å². The van der Waals surface area contributed by atoms with Crippen molar-refractivity contribution in [3.05, 3.63) is 45.6 Å². The molecule has 0 unspecified atom stereocenters. The van der Waals surface area contributed by atoms with Crippen LogP contribution < -0.4 is 21.3 Å². The van der Waals surface area contributed by atoms with E-state index in [0.29, 0.717) is 33.7 Å². The highest BCUT2D eigenvalue weighted by Crippen LogP contribution is 2.22. The molecule has 0 aliphatic carbocycles. The van der Waals surface area contributed by atoms with Crippen molar-refractivity contribution in [3.63, 3.8) is 0 Å². The van der Waals surface area contributed by atoms with Gasteiger partial charge in [0.1, 0.15) is 12.6 Å². The van der Waals surface area contributed by atoms with E-state index in [-0.39, 0.29) is 25.4 Å². The Balaban J connectivity index is 1.66. The van der Waals surface area contributed by atoms with Crippen molar-refractivity contribution in [2.75, 3.05) is 30.0 Å². The van der Waals surface area contributed by atoms with Crippen molar-refractivity contribution >= 4 is 57.9 Å². The van der Waals surface area contributed by atoms with Gasteiger partial charge < -0.3 is 26.0 Å². The fourth-order valence-electron chi connectivity index (χ4n) is 2.97. The van der Waals surface area contributed by atoms with Crippen LogP contribution >= 0.6 is 22.9 Å². The summed E-state index contributed by atoms with van der Waals surface area (Å²) in [7, 11) is 0. The van der Waals surface area contributed by atoms with Crippen LogP contribution in [-0.4, -0.2) is 49.4 Å². The molecule has 1 saturated heterocycles. The van der Waals surface area contributed by atoms with Crippen molar-refractivity contribution < 1.29 is 23.9 Å². The Morgan fingerprint density at radius 3 is 2.55 bits per heavy atom. The molecule has 0 radical (unpaired) electrons. The van der Waals surface area contributed by atoms with Gasteiger partial charge in [-0.25, -0.2) is 0 Å². The van der Waals surface area contributed by atoms with E-state index < -0.39 is 23.8 Å². The van der Waals surface area contributed by atoms with Crippen LogP contribution in [-0.2, 0) is 19.1 Å². The number of amides is 4. The Bertz CT molecular complexity index is 978. The van der Waals surface area contributed by atoms with E-state index in [1.54, 1.807) is 41.3 Å². The Morgan fingerprint density at radius 2 is 1.94 bits per heavy atom. The topological polar surface area (TPSA) is 131 Å². The molecule has 3 rings (SSSR count). The maximum Gasteiger partial charge on any atom is 0.262 e. The lowest BCUT2D eigenvalue weighted by Crippen LogP contribution is -2.44. The molecule has 164 valence electrons. The first-order chi connectivity index (χ1) is 14.8. The zero-order chi connectivity index (χ0) is 22.4. The van der Waals surface area contributed by atoms with Gasteiger partial charge in [-0.15, -0.1) is 11.3 Å². The first-order valence-electron chi connectivity index (χ1n) is 9.47. The average Bonchev–Trinajstić information content (AvgIpc) is 3.18. The van der Waals surface area contributed by atoms with Crippen LogP contribution in [0.3, 0.4) is 0 Å². The molecule has 0 spiro atoms. The Hall–Kier alpha value is -2.95. The van der Waals surface area contributed by atoms with Crippen molar-refractivity contribution in [2.45, 2.75) is 18.9 Å². The summed E-state index contributed by atoms with van der Waals surface area (Å²) in [6.07, 6.45) is -0.0198. The van der Waals surface area contributed by atoms with Gasteiger partial charge in [0, 0.05) is 24.3 Å². The smallest absolute Gasteiger partial charge is 0.262 e. The van der Waals surface area contributed by atoms with E-state index >= 15 is 0 Å². The van der Waals surface area contributed by atoms with Gasteiger partial charge in [0.25, 0.3) is 11.8 Å². The molecular weight excluding hydrogens is 444 g/mol. The van der Waals surface area contributed by atoms with Gasteiger partial charge in [-0.3, -0.25) is 19.2 Å². The second kappa shape index (κ2) is 10.4. The predicted octanol–water partition coefficient (Wildman–Crippen LogP) is 1.77. The third-order valence-corrected chi connectivity index (χ3v) is 5.76. The Morgan fingerprint density at radius 1 is 1.19 bits per heavy atom. The first kappa shape index (κ1) is 22.7. The highest BCUT2D eigenvalue weighted by atomic mass is 35.5. The number of nitrogens with two attached hydrogens (primary N) is 1. The fraction of sp³-hybridized carbons (Fsp3) is 0.300. The lowest BCUT2D eigenvalue weighted by Gasteiger charge is -2.27. The van der Waals surface area contributed by atoms with Crippen LogP contribution in [0.25, 0.3) is 0 Å². The zero-order valence-corrected chi connectivity index (χ0v) is 18.0. The summed E-state index contributed by atoms with van der Waals surface area (Å²) in [6, 6.07) is 8.90. The Labute approximate surface area is 187 Å². The molecular formula is C20H21ClN4O5S. The number of carbonyl (C=O) groups excluding carboxylic acids is 4. The highest BCUT2D eigenvalue weighted by Gasteiger charge is 2.24. The molecule has 4 amide bonds. The molecule has 1 aromatic carbocycles. The van der Waals surface area contributed by atoms with Crippen LogP contribution in [0.4, 0.5) is 11.4 Å². The minimum absolute atomic E-state index is 0.0369. The number of thiophene rings is 1. The van der Waals surface area contributed by atoms with Crippen LogP contribution in [0.5, 0.6) is 0 Å². The van der Waals surface area contributed by atoms with Crippen LogP contribution in [0, 0.1) is 0 Å². The standard InChI is InChI=1S/C20H21ClN4O5S/c21-16-7-6-15(31-16)20(29)24-14(5-8-17(22)26)19(28)23-12-1-3-13(4-2-12)25-9-10-30-11-18(25)27/h1-4,6-7,14H,5,8-11H2,(H2,22,26)(H,23,28)(H,24,29)/t14-/m1/s1. The van der Waals surface area contributed by atoms with Gasteiger partial charge in [0.05, 0.1) is 15.8 Å². The molecule has 11 heteroatoms. The van der Waals surface area contributed by atoms with Gasteiger partial charge in [0.2, 0.25) is 11.8 Å². The summed E-state index contributed by atoms with van der Waals surface area (Å²) in [5.41, 5.74) is 6.37. The molecule has 31 heavy (non-hydrogen) atoms. The number of ether oxygens (including phenoxy) is 1. The zero-order valence-electron chi connectivity index (χ0n) is 16.4. The summed E-state index contributed by atoms with van der Waals surface area (Å²) in [5, 5.41) is 5.33. The maximum absolute atomic E-state index is 12.8. The summed E-state index contributed by atoms with van der Waals surface area (Å²) < 4.78 is 5.57. The number of carbonyl (C=O) groups is 4. The summed E-state index contributed by atoms with van der Waals surface area (Å²) in [6.45, 7) is 0.953. The number of nitrogens with one attached hydrogen (secondary N) is 2. The quantitative estimate of drug-likeness (QED) is 0.548. The third-order valence-electron chi connectivity index (χ3n) is 4.53. The molecule has 1 aliphatic heterocycles. The molecule has 0 bridgehead atoms. The second-order valence-corrected chi connectivity index (χ2v) is 8.48. The van der Waals surface area contributed by atoms with Gasteiger partial charge >= 0.3 is 0 Å². The van der Waals surface area contributed by atoms with E-state index in [0.717, 1.165) is 11.3 Å². The third kappa shape index (κ3) is 6.27. The largest absolute Gasteiger partial charge is 0.370 e. The van der Waals surface area contributed by atoms with Gasteiger partial charge in [-0.1, -0.05) is 11.6 Å². The lowest BCUT2D eigenvalue weighted by molar-refractivity contribution is -0.125. The molecule has 1 atom stereocenters. The predicted molar refractivity (Wildman–Crippen MR) is 117 cm³/mol. The molecule has 9 nitrogen and oxygen atoms in total. The van der Waals surface area contributed by atoms with Crippen molar-refractivity contribution in [2.24, 2.45) is 5.73 Å². The van der Waals surface area contributed by atoms with Crippen molar-refractivity contribution in [1.82, 2.24) is 5.32 Å². The molecule has 1 aliphatic rings. The first-order valence-corrected chi connectivity index (χ1v) is 10.7. The number of nitrogens with zero attached hydrogens (tertiary/aromatic N) is 1. The van der Waals surface area contributed by atoms with Crippen LogP contribution in [0.1, 0.15) is 22.5 Å². The lowest BCUT2D eigenvalue weighted by atomic mass is 10.1. The molecule has 1 fully saturated rings. The van der Waals surface area contributed by atoms with E-state index in [2.05, 4.69) is 10.6 Å². The number of primary amides is 1. The number of hydrogen-bond acceptors (Lipinski definition) is 6. The fourth-order valence-corrected chi connectivity index (χ4v) is 3.91. The van der Waals surface area contributed by atoms with Crippen LogP contribution in [0.15, 0.2) is 36.4 Å². The number of halogens is 1. The van der Waals surface area contributed by atoms with Crippen LogP contribution in [0.2, 0.25) is 4.34 Å². The SMILES string of the molecule is NC(=O)CC[C@@H](NC(=O)c1ccc(Cl)s1)C(=O)Nc1ccc(N2CCOCC2=O)cc1. The molecule has 2 heterocycles. The van der Waals surface area contributed by atoms with Gasteiger partial charge in [0.15, 0.2) is 0 Å². The Kier molecular flexibility index (Phi) is 7.61. The van der Waals surface area contributed by atoms with E-state index in [1.165, 1.54) is 0 Å². The summed E-state index contributed by atoms with van der Waals surface area (Å²) >= 11 is 6.94. The van der Waals surface area contributed by atoms with E-state index in [9.17, 15) is 19.2 Å². The number of morpholine rings is 1. The second-order valence-electron chi connectivity index (χ2n) is 6.77. The highest BCUT2D eigenvalue weighted by molar-refractivity contribution is 7.18. The van der Waals surface area contributed by atoms with E-state index in [1.807, 2.05) is 0 Å². The summed E-state index contributed by atoms with van der Waals surface area (Å²) in [5.74, 6) is -1.67. The normalized spacial score (nSPS) is 14.7. The van der Waals surface area contributed by atoms with Gasteiger partial charge in [-0.2, -0.15) is 0 Å². The minimum Gasteiger partial charge on any atom is -0.370 e.